The van der Waals surface area contributed by atoms with E-state index >= 15 is 0 Å². The lowest BCUT2D eigenvalue weighted by Gasteiger charge is -2.40. The van der Waals surface area contributed by atoms with Crippen LogP contribution in [0.3, 0.4) is 0 Å². The predicted octanol–water partition coefficient (Wildman–Crippen LogP) is 3.69. The number of piperidine rings is 1. The molecule has 198 valence electrons. The lowest BCUT2D eigenvalue weighted by atomic mass is 10.0. The number of rotatable bonds is 6. The van der Waals surface area contributed by atoms with E-state index in [2.05, 4.69) is 34.1 Å². The van der Waals surface area contributed by atoms with Crippen molar-refractivity contribution in [2.75, 3.05) is 50.5 Å². The highest BCUT2D eigenvalue weighted by Crippen LogP contribution is 2.27. The first-order valence-electron chi connectivity index (χ1n) is 13.2. The summed E-state index contributed by atoms with van der Waals surface area (Å²) in [6, 6.07) is 20.3. The average molecular weight is 532 g/mol. The Labute approximate surface area is 223 Å². The van der Waals surface area contributed by atoms with Crippen molar-refractivity contribution in [3.63, 3.8) is 0 Å². The van der Waals surface area contributed by atoms with Crippen molar-refractivity contribution in [3.8, 4) is 11.1 Å². The van der Waals surface area contributed by atoms with E-state index in [-0.39, 0.29) is 0 Å². The van der Waals surface area contributed by atoms with Crippen molar-refractivity contribution in [3.05, 3.63) is 78.2 Å². The third kappa shape index (κ3) is 5.32. The first-order chi connectivity index (χ1) is 18.4. The van der Waals surface area contributed by atoms with Crippen molar-refractivity contribution in [1.82, 2.24) is 19.5 Å². The van der Waals surface area contributed by atoms with Gasteiger partial charge in [0, 0.05) is 62.3 Å². The van der Waals surface area contributed by atoms with Crippen molar-refractivity contribution < 1.29 is 13.2 Å². The van der Waals surface area contributed by atoms with Gasteiger partial charge in [-0.2, -0.15) is 5.10 Å². The monoisotopic (exact) mass is 531 g/mol. The summed E-state index contributed by atoms with van der Waals surface area (Å²) in [5.41, 5.74) is 5.03. The molecule has 2 saturated heterocycles. The standard InChI is InChI=1S/C29H33N5O3S/c1-38(35,36)26-10-6-23(7-11-26)27-3-2-14-34-29(27)30-28(31-34)21-22-4-8-24(9-5-22)32-15-12-25(13-16-32)33-17-19-37-20-18-33/h2-11,14,25H,12-13,15-21H2,1H3. The van der Waals surface area contributed by atoms with E-state index < -0.39 is 9.84 Å². The van der Waals surface area contributed by atoms with Crippen LogP contribution in [-0.2, 0) is 21.0 Å². The number of nitrogens with zero attached hydrogens (tertiary/aromatic N) is 5. The topological polar surface area (TPSA) is 80.0 Å². The number of benzene rings is 2. The first-order valence-corrected chi connectivity index (χ1v) is 15.1. The Hall–Kier alpha value is -3.27. The molecule has 0 aliphatic carbocycles. The van der Waals surface area contributed by atoms with Crippen LogP contribution in [0.4, 0.5) is 5.69 Å². The second-order valence-corrected chi connectivity index (χ2v) is 12.2. The van der Waals surface area contributed by atoms with Crippen LogP contribution in [0.1, 0.15) is 24.2 Å². The van der Waals surface area contributed by atoms with Gasteiger partial charge in [0.25, 0.3) is 0 Å². The summed E-state index contributed by atoms with van der Waals surface area (Å²) in [5, 5.41) is 4.70. The Kier molecular flexibility index (Phi) is 6.90. The Morgan fingerprint density at radius 2 is 1.63 bits per heavy atom. The molecule has 2 aliphatic rings. The number of anilines is 1. The minimum absolute atomic E-state index is 0.306. The van der Waals surface area contributed by atoms with Crippen LogP contribution in [-0.4, -0.2) is 79.6 Å². The van der Waals surface area contributed by atoms with Crippen LogP contribution in [0.2, 0.25) is 0 Å². The fourth-order valence-corrected chi connectivity index (χ4v) is 6.20. The predicted molar refractivity (Wildman–Crippen MR) is 148 cm³/mol. The summed E-state index contributed by atoms with van der Waals surface area (Å²) < 4.78 is 30.9. The molecule has 0 bridgehead atoms. The maximum absolute atomic E-state index is 11.8. The molecule has 0 unspecified atom stereocenters. The number of hydrogen-bond donors (Lipinski definition) is 0. The molecule has 8 nitrogen and oxygen atoms in total. The number of hydrogen-bond acceptors (Lipinski definition) is 7. The quantitative estimate of drug-likeness (QED) is 0.375. The highest BCUT2D eigenvalue weighted by atomic mass is 32.2. The molecule has 0 N–H and O–H groups in total. The van der Waals surface area contributed by atoms with Gasteiger partial charge in [-0.05, 0) is 60.4 Å². The Bertz CT molecular complexity index is 1500. The fourth-order valence-electron chi connectivity index (χ4n) is 5.57. The van der Waals surface area contributed by atoms with Crippen LogP contribution in [0.25, 0.3) is 16.8 Å². The zero-order valence-electron chi connectivity index (χ0n) is 21.7. The van der Waals surface area contributed by atoms with Gasteiger partial charge in [0.05, 0.1) is 18.1 Å². The molecule has 38 heavy (non-hydrogen) atoms. The minimum atomic E-state index is -3.23. The second-order valence-electron chi connectivity index (χ2n) is 10.2. The van der Waals surface area contributed by atoms with Crippen LogP contribution in [0, 0.1) is 0 Å². The van der Waals surface area contributed by atoms with Crippen molar-refractivity contribution in [2.24, 2.45) is 0 Å². The smallest absolute Gasteiger partial charge is 0.175 e. The molecule has 2 aliphatic heterocycles. The summed E-state index contributed by atoms with van der Waals surface area (Å²) in [7, 11) is -3.23. The molecular formula is C29H33N5O3S. The summed E-state index contributed by atoms with van der Waals surface area (Å²) in [5.74, 6) is 0.754. The van der Waals surface area contributed by atoms with Gasteiger partial charge in [0.15, 0.2) is 21.3 Å². The number of ether oxygens (including phenoxy) is 1. The Balaban J connectivity index is 1.13. The van der Waals surface area contributed by atoms with Crippen LogP contribution < -0.4 is 4.90 Å². The van der Waals surface area contributed by atoms with Crippen LogP contribution >= 0.6 is 0 Å². The van der Waals surface area contributed by atoms with Gasteiger partial charge in [-0.3, -0.25) is 4.90 Å². The van der Waals surface area contributed by atoms with E-state index in [1.54, 1.807) is 16.6 Å². The van der Waals surface area contributed by atoms with Crippen LogP contribution in [0.5, 0.6) is 0 Å². The molecular weight excluding hydrogens is 498 g/mol. The number of pyridine rings is 1. The maximum atomic E-state index is 11.8. The molecule has 4 heterocycles. The molecule has 6 rings (SSSR count). The summed E-state index contributed by atoms with van der Waals surface area (Å²) >= 11 is 0. The SMILES string of the molecule is CS(=O)(=O)c1ccc(-c2cccn3nc(Cc4ccc(N5CCC(N6CCOCC6)CC5)cc4)nc23)cc1. The highest BCUT2D eigenvalue weighted by molar-refractivity contribution is 7.90. The zero-order chi connectivity index (χ0) is 26.1. The molecule has 2 aromatic heterocycles. The molecule has 0 atom stereocenters. The summed E-state index contributed by atoms with van der Waals surface area (Å²) in [6.45, 7) is 6.03. The van der Waals surface area contributed by atoms with Gasteiger partial charge in [0.1, 0.15) is 0 Å². The normalized spacial score (nSPS) is 17.8. The third-order valence-electron chi connectivity index (χ3n) is 7.69. The van der Waals surface area contributed by atoms with Gasteiger partial charge >= 0.3 is 0 Å². The number of sulfone groups is 1. The lowest BCUT2D eigenvalue weighted by Crippen LogP contribution is -2.49. The molecule has 2 aromatic carbocycles. The van der Waals surface area contributed by atoms with Gasteiger partial charge in [-0.25, -0.2) is 17.9 Å². The van der Waals surface area contributed by atoms with E-state index in [4.69, 9.17) is 14.8 Å². The minimum Gasteiger partial charge on any atom is -0.379 e. The van der Waals surface area contributed by atoms with E-state index in [1.165, 1.54) is 30.3 Å². The fraction of sp³-hybridized carbons (Fsp3) is 0.379. The number of fused-ring (bicyclic) bond motifs is 1. The summed E-state index contributed by atoms with van der Waals surface area (Å²) in [4.78, 5) is 10.2. The first kappa shape index (κ1) is 25.0. The number of morpholine rings is 1. The molecule has 0 spiro atoms. The van der Waals surface area contributed by atoms with E-state index in [9.17, 15) is 8.42 Å². The Morgan fingerprint density at radius 1 is 0.921 bits per heavy atom. The highest BCUT2D eigenvalue weighted by Gasteiger charge is 2.26. The number of aromatic nitrogens is 3. The second kappa shape index (κ2) is 10.5. The molecule has 4 aromatic rings. The van der Waals surface area contributed by atoms with Crippen LogP contribution in [0.15, 0.2) is 71.8 Å². The maximum Gasteiger partial charge on any atom is 0.175 e. The van der Waals surface area contributed by atoms with Gasteiger partial charge in [-0.1, -0.05) is 24.3 Å². The molecule has 0 saturated carbocycles. The van der Waals surface area contributed by atoms with E-state index in [1.807, 2.05) is 30.5 Å². The van der Waals surface area contributed by atoms with E-state index in [0.29, 0.717) is 17.4 Å². The van der Waals surface area contributed by atoms with Gasteiger partial charge < -0.3 is 9.64 Å². The summed E-state index contributed by atoms with van der Waals surface area (Å²) in [6.07, 6.45) is 6.16. The molecule has 0 amide bonds. The third-order valence-corrected chi connectivity index (χ3v) is 8.82. The molecule has 9 heteroatoms. The Morgan fingerprint density at radius 3 is 2.32 bits per heavy atom. The van der Waals surface area contributed by atoms with Crippen molar-refractivity contribution in [2.45, 2.75) is 30.2 Å². The molecule has 0 radical (unpaired) electrons. The van der Waals surface area contributed by atoms with Crippen molar-refractivity contribution >= 4 is 21.2 Å². The molecule has 2 fully saturated rings. The lowest BCUT2D eigenvalue weighted by molar-refractivity contribution is 0.0115. The van der Waals surface area contributed by atoms with Gasteiger partial charge in [-0.15, -0.1) is 0 Å². The van der Waals surface area contributed by atoms with Crippen molar-refractivity contribution in [1.29, 1.82) is 0 Å². The zero-order valence-corrected chi connectivity index (χ0v) is 22.5. The van der Waals surface area contributed by atoms with Gasteiger partial charge in [0.2, 0.25) is 0 Å². The van der Waals surface area contributed by atoms with E-state index in [0.717, 1.165) is 62.0 Å². The largest absolute Gasteiger partial charge is 0.379 e. The average Bonchev–Trinajstić information content (AvgIpc) is 3.36.